The number of nitro groups is 1. The van der Waals surface area contributed by atoms with Crippen LogP contribution in [0.3, 0.4) is 0 Å². The van der Waals surface area contributed by atoms with Crippen molar-refractivity contribution in [3.8, 4) is 17.0 Å². The molecule has 0 fully saturated rings. The van der Waals surface area contributed by atoms with Crippen molar-refractivity contribution in [1.82, 2.24) is 9.88 Å². The molecule has 0 radical (unpaired) electrons. The van der Waals surface area contributed by atoms with E-state index in [1.54, 1.807) is 0 Å². The minimum absolute atomic E-state index is 0.0576. The summed E-state index contributed by atoms with van der Waals surface area (Å²) in [5.41, 5.74) is 1.24. The van der Waals surface area contributed by atoms with Crippen molar-refractivity contribution in [2.75, 3.05) is 18.5 Å². The lowest BCUT2D eigenvalue weighted by Crippen LogP contribution is -2.30. The lowest BCUT2D eigenvalue weighted by Gasteiger charge is -2.13. The molecule has 0 unspecified atom stereocenters. The van der Waals surface area contributed by atoms with Crippen molar-refractivity contribution in [3.63, 3.8) is 0 Å². The van der Waals surface area contributed by atoms with Crippen LogP contribution in [-0.2, 0) is 4.79 Å². The summed E-state index contributed by atoms with van der Waals surface area (Å²) in [5.74, 6) is -0.531. The smallest absolute Gasteiger partial charge is 0.282 e. The number of nitro benzene ring substituents is 1. The van der Waals surface area contributed by atoms with Crippen LogP contribution in [0.2, 0.25) is 0 Å². The summed E-state index contributed by atoms with van der Waals surface area (Å²) in [6.45, 7) is 2.86. The molecule has 4 rings (SSSR count). The first-order valence-corrected chi connectivity index (χ1v) is 12.9. The second kappa shape index (κ2) is 11.7. The van der Waals surface area contributed by atoms with Crippen molar-refractivity contribution < 1.29 is 24.0 Å². The Morgan fingerprint density at radius 3 is 2.62 bits per heavy atom. The maximum absolute atomic E-state index is 12.6. The van der Waals surface area contributed by atoms with Gasteiger partial charge in [-0.3, -0.25) is 29.4 Å². The molecule has 1 aromatic heterocycles. The van der Waals surface area contributed by atoms with Gasteiger partial charge >= 0.3 is 0 Å². The Bertz CT molecular complexity index is 1320. The minimum Gasteiger partial charge on any atom is -0.494 e. The number of hydrogen-bond donors (Lipinski definition) is 1. The molecule has 3 amide bonds. The fourth-order valence-corrected chi connectivity index (χ4v) is 4.73. The molecule has 0 bridgehead atoms. The summed E-state index contributed by atoms with van der Waals surface area (Å²) < 4.78 is 5.59. The van der Waals surface area contributed by atoms with E-state index in [-0.39, 0.29) is 35.7 Å². The van der Waals surface area contributed by atoms with Gasteiger partial charge in [0.25, 0.3) is 17.5 Å². The summed E-state index contributed by atoms with van der Waals surface area (Å²) >= 11 is 1.35. The number of nitrogens with zero attached hydrogens (tertiary/aromatic N) is 3. The summed E-state index contributed by atoms with van der Waals surface area (Å²) in [6, 6.07) is 11.7. The van der Waals surface area contributed by atoms with Crippen molar-refractivity contribution in [1.29, 1.82) is 0 Å². The second-order valence-corrected chi connectivity index (χ2v) is 9.35. The fourth-order valence-electron chi connectivity index (χ4n) is 3.99. The molecule has 0 saturated carbocycles. The number of carbonyl (C=O) groups excluding carboxylic acids is 3. The molecule has 2 aromatic carbocycles. The summed E-state index contributed by atoms with van der Waals surface area (Å²) in [7, 11) is 0. The third-order valence-corrected chi connectivity index (χ3v) is 6.59. The standard InChI is InChI=1S/C26H26N4O6S/c1-2-15-36-18-12-10-17(11-13-18)20-16-37-26(27-20)28-22(31)9-4-3-5-14-29-24(32)19-7-6-8-21(30(34)35)23(19)25(29)33/h6-8,10-13,16H,2-5,9,14-15H2,1H3,(H,27,28,31). The number of anilines is 1. The Labute approximate surface area is 217 Å². The largest absolute Gasteiger partial charge is 0.494 e. The zero-order valence-electron chi connectivity index (χ0n) is 20.3. The molecular formula is C26H26N4O6S. The summed E-state index contributed by atoms with van der Waals surface area (Å²) in [6.07, 6.45) is 2.87. The molecule has 3 aromatic rings. The minimum atomic E-state index is -0.656. The average molecular weight is 523 g/mol. The number of aromatic nitrogens is 1. The highest BCUT2D eigenvalue weighted by atomic mass is 32.1. The molecule has 1 aliphatic heterocycles. The van der Waals surface area contributed by atoms with Crippen LogP contribution in [0.1, 0.15) is 59.7 Å². The Morgan fingerprint density at radius 2 is 1.89 bits per heavy atom. The van der Waals surface area contributed by atoms with Crippen LogP contribution in [0.4, 0.5) is 10.8 Å². The number of thiazole rings is 1. The normalized spacial score (nSPS) is 12.5. The van der Waals surface area contributed by atoms with Crippen molar-refractivity contribution in [2.45, 2.75) is 39.0 Å². The van der Waals surface area contributed by atoms with Gasteiger partial charge in [-0.1, -0.05) is 19.4 Å². The first-order chi connectivity index (χ1) is 17.9. The zero-order valence-corrected chi connectivity index (χ0v) is 21.1. The van der Waals surface area contributed by atoms with E-state index in [9.17, 15) is 24.5 Å². The SMILES string of the molecule is CCCOc1ccc(-c2csc(NC(=O)CCCCCN3C(=O)c4cccc([N+](=O)[O-])c4C3=O)n2)cc1. The van der Waals surface area contributed by atoms with Crippen LogP contribution in [0, 0.1) is 10.1 Å². The van der Waals surface area contributed by atoms with Gasteiger partial charge < -0.3 is 10.1 Å². The first-order valence-electron chi connectivity index (χ1n) is 12.0. The summed E-state index contributed by atoms with van der Waals surface area (Å²) in [4.78, 5) is 53.5. The van der Waals surface area contributed by atoms with Gasteiger partial charge in [0.15, 0.2) is 5.13 Å². The molecule has 11 heteroatoms. The molecule has 0 saturated heterocycles. The highest BCUT2D eigenvalue weighted by molar-refractivity contribution is 7.14. The molecule has 192 valence electrons. The van der Waals surface area contributed by atoms with Gasteiger partial charge in [-0.05, 0) is 49.6 Å². The van der Waals surface area contributed by atoms with Crippen LogP contribution in [0.15, 0.2) is 47.8 Å². The van der Waals surface area contributed by atoms with Gasteiger partial charge in [0, 0.05) is 30.0 Å². The molecule has 10 nitrogen and oxygen atoms in total. The number of benzene rings is 2. The molecule has 37 heavy (non-hydrogen) atoms. The zero-order chi connectivity index (χ0) is 26.4. The molecule has 0 aliphatic carbocycles. The maximum atomic E-state index is 12.6. The number of nitrogens with one attached hydrogen (secondary N) is 1. The molecular weight excluding hydrogens is 496 g/mol. The number of hydrogen-bond acceptors (Lipinski definition) is 8. The maximum Gasteiger partial charge on any atom is 0.282 e. The number of imide groups is 1. The monoisotopic (exact) mass is 522 g/mol. The average Bonchev–Trinajstić information content (AvgIpc) is 3.45. The first kappa shape index (κ1) is 26.0. The molecule has 1 aliphatic rings. The van der Waals surface area contributed by atoms with Gasteiger partial charge in [0.2, 0.25) is 5.91 Å². The van der Waals surface area contributed by atoms with Gasteiger partial charge in [-0.2, -0.15) is 0 Å². The number of amides is 3. The Kier molecular flexibility index (Phi) is 8.24. The third kappa shape index (κ3) is 6.00. The van der Waals surface area contributed by atoms with Crippen LogP contribution in [-0.4, -0.2) is 45.7 Å². The predicted molar refractivity (Wildman–Crippen MR) is 139 cm³/mol. The molecule has 2 heterocycles. The summed E-state index contributed by atoms with van der Waals surface area (Å²) in [5, 5.41) is 16.4. The van der Waals surface area contributed by atoms with E-state index in [1.807, 2.05) is 29.6 Å². The third-order valence-electron chi connectivity index (χ3n) is 5.83. The van der Waals surface area contributed by atoms with E-state index < -0.39 is 16.7 Å². The van der Waals surface area contributed by atoms with Crippen LogP contribution < -0.4 is 10.1 Å². The quantitative estimate of drug-likeness (QED) is 0.148. The van der Waals surface area contributed by atoms with Crippen molar-refractivity contribution >= 4 is 39.9 Å². The highest BCUT2D eigenvalue weighted by Crippen LogP contribution is 2.31. The van der Waals surface area contributed by atoms with E-state index in [0.29, 0.717) is 31.0 Å². The van der Waals surface area contributed by atoms with E-state index in [4.69, 9.17) is 4.74 Å². The fraction of sp³-hybridized carbons (Fsp3) is 0.308. The number of carbonyl (C=O) groups is 3. The van der Waals surface area contributed by atoms with Crippen LogP contribution >= 0.6 is 11.3 Å². The molecule has 0 spiro atoms. The number of fused-ring (bicyclic) bond motifs is 1. The van der Waals surface area contributed by atoms with E-state index >= 15 is 0 Å². The number of ether oxygens (including phenoxy) is 1. The Balaban J connectivity index is 1.21. The van der Waals surface area contributed by atoms with Crippen molar-refractivity contribution in [2.24, 2.45) is 0 Å². The predicted octanol–water partition coefficient (Wildman–Crippen LogP) is 5.30. The second-order valence-electron chi connectivity index (χ2n) is 8.49. The number of unbranched alkanes of at least 4 members (excludes halogenated alkanes) is 2. The van der Waals surface area contributed by atoms with Gasteiger partial charge in [-0.15, -0.1) is 11.3 Å². The Hall–Kier alpha value is -4.12. The topological polar surface area (TPSA) is 132 Å². The highest BCUT2D eigenvalue weighted by Gasteiger charge is 2.40. The molecule has 1 N–H and O–H groups in total. The van der Waals surface area contributed by atoms with E-state index in [2.05, 4.69) is 17.2 Å². The van der Waals surface area contributed by atoms with Gasteiger partial charge in [0.05, 0.1) is 22.8 Å². The Morgan fingerprint density at radius 1 is 1.11 bits per heavy atom. The van der Waals surface area contributed by atoms with E-state index in [0.717, 1.165) is 28.3 Å². The number of rotatable bonds is 12. The van der Waals surface area contributed by atoms with E-state index in [1.165, 1.54) is 29.5 Å². The van der Waals surface area contributed by atoms with Gasteiger partial charge in [0.1, 0.15) is 11.3 Å². The van der Waals surface area contributed by atoms with Crippen LogP contribution in [0.5, 0.6) is 5.75 Å². The lowest BCUT2D eigenvalue weighted by molar-refractivity contribution is -0.385. The van der Waals surface area contributed by atoms with Crippen molar-refractivity contribution in [3.05, 3.63) is 69.1 Å². The molecule has 0 atom stereocenters. The van der Waals surface area contributed by atoms with Gasteiger partial charge in [-0.25, -0.2) is 4.98 Å². The lowest BCUT2D eigenvalue weighted by atomic mass is 10.1. The van der Waals surface area contributed by atoms with Crippen LogP contribution in [0.25, 0.3) is 11.3 Å².